The Balaban J connectivity index is 1.60. The second-order valence-corrected chi connectivity index (χ2v) is 5.50. The van der Waals surface area contributed by atoms with Gasteiger partial charge in [-0.05, 0) is 13.0 Å². The van der Waals surface area contributed by atoms with Gasteiger partial charge in [0.2, 0.25) is 17.7 Å². The van der Waals surface area contributed by atoms with Crippen LogP contribution in [0.15, 0.2) is 30.6 Å². The van der Waals surface area contributed by atoms with Crippen molar-refractivity contribution in [3.63, 3.8) is 0 Å². The summed E-state index contributed by atoms with van der Waals surface area (Å²) in [4.78, 5) is 29.2. The molecule has 0 unspecified atom stereocenters. The molecule has 0 atom stereocenters. The monoisotopic (exact) mass is 343 g/mol. The van der Waals surface area contributed by atoms with Crippen molar-refractivity contribution in [2.24, 2.45) is 0 Å². The predicted molar refractivity (Wildman–Crippen MR) is 92.1 cm³/mol. The number of pyridine rings is 1. The third-order valence-corrected chi connectivity index (χ3v) is 3.95. The van der Waals surface area contributed by atoms with Gasteiger partial charge in [-0.2, -0.15) is 4.98 Å². The zero-order valence-electron chi connectivity index (χ0n) is 14.4. The van der Waals surface area contributed by atoms with Crippen LogP contribution in [0.25, 0.3) is 0 Å². The van der Waals surface area contributed by atoms with Gasteiger partial charge in [-0.15, -0.1) is 0 Å². The van der Waals surface area contributed by atoms with Gasteiger partial charge in [-0.1, -0.05) is 0 Å². The van der Waals surface area contributed by atoms with Crippen LogP contribution in [0.2, 0.25) is 0 Å². The number of aromatic nitrogens is 3. The van der Waals surface area contributed by atoms with E-state index in [0.717, 1.165) is 0 Å². The van der Waals surface area contributed by atoms with Crippen LogP contribution in [-0.2, 0) is 0 Å². The molecule has 1 aliphatic heterocycles. The summed E-state index contributed by atoms with van der Waals surface area (Å²) in [6.07, 6.45) is 3.23. The molecular weight excluding hydrogens is 322 g/mol. The van der Waals surface area contributed by atoms with Gasteiger partial charge in [0, 0.05) is 50.7 Å². The first-order valence-electron chi connectivity index (χ1n) is 8.21. The molecule has 0 radical (unpaired) electrons. The molecule has 2 aromatic rings. The molecule has 25 heavy (non-hydrogen) atoms. The Hall–Kier alpha value is -2.90. The van der Waals surface area contributed by atoms with E-state index in [1.54, 1.807) is 37.7 Å². The Morgan fingerprint density at radius 3 is 2.56 bits per heavy atom. The fourth-order valence-electron chi connectivity index (χ4n) is 2.63. The molecule has 3 rings (SSSR count). The molecular formula is C17H21N5O3. The van der Waals surface area contributed by atoms with Crippen LogP contribution in [0, 0.1) is 0 Å². The number of amides is 1. The standard InChI is InChI=1S/C17H21N5O3/c1-3-25-14-5-4-13(12-19-14)16(23)21-8-10-22(11-9-21)17-18-7-6-15(20-17)24-2/h4-7,12H,3,8-11H2,1-2H3. The smallest absolute Gasteiger partial charge is 0.255 e. The first-order chi connectivity index (χ1) is 12.2. The van der Waals surface area contributed by atoms with Crippen molar-refractivity contribution in [2.75, 3.05) is 44.8 Å². The number of carbonyl (C=O) groups is 1. The van der Waals surface area contributed by atoms with E-state index < -0.39 is 0 Å². The van der Waals surface area contributed by atoms with Gasteiger partial charge in [0.25, 0.3) is 5.91 Å². The first kappa shape index (κ1) is 16.9. The molecule has 1 aliphatic rings. The minimum absolute atomic E-state index is 0.0261. The highest BCUT2D eigenvalue weighted by Crippen LogP contribution is 2.16. The number of rotatable bonds is 5. The lowest BCUT2D eigenvalue weighted by molar-refractivity contribution is 0.0745. The summed E-state index contributed by atoms with van der Waals surface area (Å²) in [6, 6.07) is 5.18. The van der Waals surface area contributed by atoms with Crippen LogP contribution >= 0.6 is 0 Å². The lowest BCUT2D eigenvalue weighted by atomic mass is 10.2. The Morgan fingerprint density at radius 2 is 1.92 bits per heavy atom. The Bertz CT molecular complexity index is 714. The van der Waals surface area contributed by atoms with Crippen LogP contribution in [0.3, 0.4) is 0 Å². The quantitative estimate of drug-likeness (QED) is 0.808. The van der Waals surface area contributed by atoms with Crippen molar-refractivity contribution in [1.82, 2.24) is 19.9 Å². The minimum Gasteiger partial charge on any atom is -0.481 e. The number of hydrogen-bond acceptors (Lipinski definition) is 7. The molecule has 0 aromatic carbocycles. The zero-order chi connectivity index (χ0) is 17.6. The maximum Gasteiger partial charge on any atom is 0.255 e. The average Bonchev–Trinajstić information content (AvgIpc) is 2.68. The molecule has 0 N–H and O–H groups in total. The van der Waals surface area contributed by atoms with Crippen molar-refractivity contribution >= 4 is 11.9 Å². The fourth-order valence-corrected chi connectivity index (χ4v) is 2.63. The van der Waals surface area contributed by atoms with Gasteiger partial charge in [0.15, 0.2) is 0 Å². The molecule has 2 aromatic heterocycles. The molecule has 132 valence electrons. The summed E-state index contributed by atoms with van der Waals surface area (Å²) in [6.45, 7) is 4.99. The van der Waals surface area contributed by atoms with Crippen LogP contribution in [0.4, 0.5) is 5.95 Å². The summed E-state index contributed by atoms with van der Waals surface area (Å²) >= 11 is 0. The van der Waals surface area contributed by atoms with Gasteiger partial charge in [-0.25, -0.2) is 9.97 Å². The third-order valence-electron chi connectivity index (χ3n) is 3.95. The van der Waals surface area contributed by atoms with Gasteiger partial charge >= 0.3 is 0 Å². The van der Waals surface area contributed by atoms with Gasteiger partial charge < -0.3 is 19.3 Å². The molecule has 8 nitrogen and oxygen atoms in total. The maximum atomic E-state index is 12.6. The molecule has 0 aliphatic carbocycles. The Morgan fingerprint density at radius 1 is 1.12 bits per heavy atom. The highest BCUT2D eigenvalue weighted by Gasteiger charge is 2.24. The van der Waals surface area contributed by atoms with E-state index in [0.29, 0.717) is 56.1 Å². The van der Waals surface area contributed by atoms with Gasteiger partial charge in [-0.3, -0.25) is 4.79 Å². The largest absolute Gasteiger partial charge is 0.481 e. The van der Waals surface area contributed by atoms with Crippen molar-refractivity contribution in [3.05, 3.63) is 36.2 Å². The molecule has 1 fully saturated rings. The summed E-state index contributed by atoms with van der Waals surface area (Å²) in [5.74, 6) is 1.65. The summed E-state index contributed by atoms with van der Waals surface area (Å²) < 4.78 is 10.4. The number of piperazine rings is 1. The fraction of sp³-hybridized carbons (Fsp3) is 0.412. The summed E-state index contributed by atoms with van der Waals surface area (Å²) in [7, 11) is 1.58. The molecule has 1 amide bonds. The Kier molecular flexibility index (Phi) is 5.27. The van der Waals surface area contributed by atoms with Crippen molar-refractivity contribution in [2.45, 2.75) is 6.92 Å². The zero-order valence-corrected chi connectivity index (χ0v) is 14.4. The lowest BCUT2D eigenvalue weighted by Crippen LogP contribution is -2.49. The van der Waals surface area contributed by atoms with E-state index in [4.69, 9.17) is 9.47 Å². The molecule has 0 spiro atoms. The van der Waals surface area contributed by atoms with E-state index in [1.807, 2.05) is 16.7 Å². The average molecular weight is 343 g/mol. The van der Waals surface area contributed by atoms with Crippen LogP contribution < -0.4 is 14.4 Å². The highest BCUT2D eigenvalue weighted by atomic mass is 16.5. The Labute approximate surface area is 146 Å². The van der Waals surface area contributed by atoms with Gasteiger partial charge in [0.05, 0.1) is 19.3 Å². The van der Waals surface area contributed by atoms with Crippen LogP contribution in [-0.4, -0.2) is 65.7 Å². The van der Waals surface area contributed by atoms with Crippen molar-refractivity contribution in [3.8, 4) is 11.8 Å². The molecule has 1 saturated heterocycles. The molecule has 0 bridgehead atoms. The number of nitrogens with zero attached hydrogens (tertiary/aromatic N) is 5. The lowest BCUT2D eigenvalue weighted by Gasteiger charge is -2.34. The topological polar surface area (TPSA) is 80.7 Å². The highest BCUT2D eigenvalue weighted by molar-refractivity contribution is 5.94. The predicted octanol–water partition coefficient (Wildman–Crippen LogP) is 1.24. The van der Waals surface area contributed by atoms with E-state index in [9.17, 15) is 4.79 Å². The number of carbonyl (C=O) groups excluding carboxylic acids is 1. The second kappa shape index (κ2) is 7.78. The van der Waals surface area contributed by atoms with Crippen LogP contribution in [0.5, 0.6) is 11.8 Å². The first-order valence-corrected chi connectivity index (χ1v) is 8.21. The van der Waals surface area contributed by atoms with Crippen molar-refractivity contribution < 1.29 is 14.3 Å². The van der Waals surface area contributed by atoms with E-state index in [1.165, 1.54) is 0 Å². The third kappa shape index (κ3) is 3.96. The van der Waals surface area contributed by atoms with E-state index in [2.05, 4.69) is 15.0 Å². The number of ether oxygens (including phenoxy) is 2. The summed E-state index contributed by atoms with van der Waals surface area (Å²) in [5, 5.41) is 0. The van der Waals surface area contributed by atoms with Gasteiger partial charge in [0.1, 0.15) is 0 Å². The number of anilines is 1. The minimum atomic E-state index is -0.0261. The van der Waals surface area contributed by atoms with E-state index >= 15 is 0 Å². The summed E-state index contributed by atoms with van der Waals surface area (Å²) in [5.41, 5.74) is 0.564. The molecule has 3 heterocycles. The molecule has 8 heteroatoms. The van der Waals surface area contributed by atoms with Crippen molar-refractivity contribution in [1.29, 1.82) is 0 Å². The normalized spacial score (nSPS) is 14.3. The van der Waals surface area contributed by atoms with Crippen LogP contribution in [0.1, 0.15) is 17.3 Å². The number of methoxy groups -OCH3 is 1. The number of hydrogen-bond donors (Lipinski definition) is 0. The maximum absolute atomic E-state index is 12.6. The molecule has 0 saturated carbocycles. The van der Waals surface area contributed by atoms with E-state index in [-0.39, 0.29) is 5.91 Å². The SMILES string of the molecule is CCOc1ccc(C(=O)N2CCN(c3nccc(OC)n3)CC2)cn1. The second-order valence-electron chi connectivity index (χ2n) is 5.50.